The zero-order valence-electron chi connectivity index (χ0n) is 11.3. The van der Waals surface area contributed by atoms with Crippen LogP contribution in [0.1, 0.15) is 16.8 Å². The van der Waals surface area contributed by atoms with E-state index in [1.165, 1.54) is 4.31 Å². The van der Waals surface area contributed by atoms with Gasteiger partial charge in [0, 0.05) is 19.2 Å². The van der Waals surface area contributed by atoms with Gasteiger partial charge in [-0.3, -0.25) is 4.98 Å². The van der Waals surface area contributed by atoms with Gasteiger partial charge in [0.2, 0.25) is 10.0 Å². The summed E-state index contributed by atoms with van der Waals surface area (Å²) in [6.07, 6.45) is 2.46. The van der Waals surface area contributed by atoms with Crippen LogP contribution in [0.15, 0.2) is 41.4 Å². The maximum Gasteiger partial charge on any atom is 0.243 e. The first-order chi connectivity index (χ1) is 10.1. The predicted octanol–water partition coefficient (Wildman–Crippen LogP) is 1.72. The van der Waals surface area contributed by atoms with Crippen LogP contribution < -0.4 is 4.74 Å². The third-order valence-corrected chi connectivity index (χ3v) is 5.74. The van der Waals surface area contributed by atoms with E-state index in [9.17, 15) is 8.42 Å². The van der Waals surface area contributed by atoms with Crippen molar-refractivity contribution in [3.8, 4) is 5.75 Å². The zero-order chi connectivity index (χ0) is 14.4. The van der Waals surface area contributed by atoms with E-state index >= 15 is 0 Å². The number of aromatic nitrogens is 1. The van der Waals surface area contributed by atoms with Crippen LogP contribution in [0.4, 0.5) is 0 Å². The normalized spacial score (nSPS) is 17.3. The van der Waals surface area contributed by atoms with E-state index in [0.717, 1.165) is 29.0 Å². The molecule has 0 spiro atoms. The largest absolute Gasteiger partial charge is 0.493 e. The first kappa shape index (κ1) is 12.8. The third-order valence-electron chi connectivity index (χ3n) is 3.96. The SMILES string of the molecule is O=S(=O)(c1ccc2c(c1)CCO2)N1Cc2cccnc2C1. The Morgan fingerprint density at radius 1 is 1.14 bits per heavy atom. The Balaban J connectivity index is 1.69. The number of hydrogen-bond acceptors (Lipinski definition) is 4. The fourth-order valence-electron chi connectivity index (χ4n) is 2.81. The summed E-state index contributed by atoms with van der Waals surface area (Å²) in [5.74, 6) is 0.792. The Hall–Kier alpha value is -1.92. The second-order valence-electron chi connectivity index (χ2n) is 5.25. The summed E-state index contributed by atoms with van der Waals surface area (Å²) in [5, 5.41) is 0. The van der Waals surface area contributed by atoms with Crippen molar-refractivity contribution in [3.05, 3.63) is 53.3 Å². The van der Waals surface area contributed by atoms with Gasteiger partial charge in [0.05, 0.1) is 23.7 Å². The lowest BCUT2D eigenvalue weighted by molar-refractivity contribution is 0.356. The minimum atomic E-state index is -3.49. The van der Waals surface area contributed by atoms with E-state index in [0.29, 0.717) is 24.6 Å². The maximum atomic E-state index is 12.8. The van der Waals surface area contributed by atoms with Crippen molar-refractivity contribution in [2.24, 2.45) is 0 Å². The van der Waals surface area contributed by atoms with Crippen LogP contribution in [0.5, 0.6) is 5.75 Å². The van der Waals surface area contributed by atoms with E-state index in [2.05, 4.69) is 4.98 Å². The standard InChI is InChI=1S/C15H14N2O3S/c18-21(19,13-3-4-15-11(8-13)5-7-20-15)17-9-12-2-1-6-16-14(12)10-17/h1-4,6,8H,5,7,9-10H2. The summed E-state index contributed by atoms with van der Waals surface area (Å²) in [4.78, 5) is 4.58. The van der Waals surface area contributed by atoms with Crippen molar-refractivity contribution in [3.63, 3.8) is 0 Å². The number of sulfonamides is 1. The summed E-state index contributed by atoms with van der Waals surface area (Å²) >= 11 is 0. The van der Waals surface area contributed by atoms with Crippen LogP contribution in [0, 0.1) is 0 Å². The number of pyridine rings is 1. The van der Waals surface area contributed by atoms with Gasteiger partial charge in [-0.2, -0.15) is 4.31 Å². The highest BCUT2D eigenvalue weighted by Gasteiger charge is 2.31. The monoisotopic (exact) mass is 302 g/mol. The summed E-state index contributed by atoms with van der Waals surface area (Å²) in [7, 11) is -3.49. The molecule has 0 aliphatic carbocycles. The molecule has 0 N–H and O–H groups in total. The highest BCUT2D eigenvalue weighted by atomic mass is 32.2. The molecular formula is C15H14N2O3S. The van der Waals surface area contributed by atoms with Gasteiger partial charge < -0.3 is 4.74 Å². The highest BCUT2D eigenvalue weighted by Crippen LogP contribution is 2.31. The number of hydrogen-bond donors (Lipinski definition) is 0. The molecule has 0 fully saturated rings. The molecule has 1 aromatic heterocycles. The van der Waals surface area contributed by atoms with Gasteiger partial charge in [-0.05, 0) is 35.4 Å². The summed E-state index contributed by atoms with van der Waals surface area (Å²) in [6.45, 7) is 1.35. The molecule has 0 unspecified atom stereocenters. The zero-order valence-corrected chi connectivity index (χ0v) is 12.1. The molecule has 4 rings (SSSR count). The molecule has 0 atom stereocenters. The van der Waals surface area contributed by atoms with E-state index in [1.807, 2.05) is 12.1 Å². The molecule has 6 heteroatoms. The Labute approximate surface area is 123 Å². The summed E-state index contributed by atoms with van der Waals surface area (Å²) in [5.41, 5.74) is 2.78. The molecule has 1 aromatic carbocycles. The van der Waals surface area contributed by atoms with Crippen molar-refractivity contribution < 1.29 is 13.2 Å². The van der Waals surface area contributed by atoms with Gasteiger partial charge in [0.1, 0.15) is 5.75 Å². The highest BCUT2D eigenvalue weighted by molar-refractivity contribution is 7.89. The molecule has 2 aromatic rings. The Kier molecular flexibility index (Phi) is 2.77. The predicted molar refractivity (Wildman–Crippen MR) is 76.3 cm³/mol. The van der Waals surface area contributed by atoms with Crippen LogP contribution in [0.25, 0.3) is 0 Å². The van der Waals surface area contributed by atoms with Crippen molar-refractivity contribution in [2.45, 2.75) is 24.4 Å². The minimum Gasteiger partial charge on any atom is -0.493 e. The topological polar surface area (TPSA) is 59.5 Å². The average molecular weight is 302 g/mol. The lowest BCUT2D eigenvalue weighted by atomic mass is 10.2. The van der Waals surface area contributed by atoms with Crippen molar-refractivity contribution >= 4 is 10.0 Å². The van der Waals surface area contributed by atoms with Gasteiger partial charge in [-0.25, -0.2) is 8.42 Å². The molecule has 0 radical (unpaired) electrons. The van der Waals surface area contributed by atoms with Gasteiger partial charge in [-0.15, -0.1) is 0 Å². The van der Waals surface area contributed by atoms with Crippen molar-refractivity contribution in [2.75, 3.05) is 6.61 Å². The second-order valence-corrected chi connectivity index (χ2v) is 7.19. The lowest BCUT2D eigenvalue weighted by Crippen LogP contribution is -2.25. The minimum absolute atomic E-state index is 0.333. The quantitative estimate of drug-likeness (QED) is 0.847. The number of benzene rings is 1. The summed E-state index contributed by atoms with van der Waals surface area (Å²) < 4.78 is 32.4. The molecule has 0 saturated heterocycles. The smallest absolute Gasteiger partial charge is 0.243 e. The number of nitrogens with zero attached hydrogens (tertiary/aromatic N) is 2. The first-order valence-electron chi connectivity index (χ1n) is 6.83. The number of fused-ring (bicyclic) bond motifs is 2. The molecule has 2 aliphatic heterocycles. The molecule has 5 nitrogen and oxygen atoms in total. The van der Waals surface area contributed by atoms with Crippen LogP contribution in [-0.2, 0) is 29.5 Å². The molecule has 21 heavy (non-hydrogen) atoms. The van der Waals surface area contributed by atoms with Crippen LogP contribution >= 0.6 is 0 Å². The number of rotatable bonds is 2. The molecule has 3 heterocycles. The maximum absolute atomic E-state index is 12.8. The van der Waals surface area contributed by atoms with Gasteiger partial charge in [0.25, 0.3) is 0 Å². The molecule has 2 aliphatic rings. The lowest BCUT2D eigenvalue weighted by Gasteiger charge is -2.15. The van der Waals surface area contributed by atoms with Crippen LogP contribution in [0.2, 0.25) is 0 Å². The first-order valence-corrected chi connectivity index (χ1v) is 8.27. The van der Waals surface area contributed by atoms with E-state index in [1.54, 1.807) is 24.4 Å². The molecule has 0 saturated carbocycles. The van der Waals surface area contributed by atoms with Crippen molar-refractivity contribution in [1.82, 2.24) is 9.29 Å². The number of ether oxygens (including phenoxy) is 1. The van der Waals surface area contributed by atoms with Crippen LogP contribution in [0.3, 0.4) is 0 Å². The Morgan fingerprint density at radius 2 is 2.05 bits per heavy atom. The van der Waals surface area contributed by atoms with Gasteiger partial charge in [-0.1, -0.05) is 6.07 Å². The fourth-order valence-corrected chi connectivity index (χ4v) is 4.24. The molecule has 0 amide bonds. The Morgan fingerprint density at radius 3 is 2.90 bits per heavy atom. The third kappa shape index (κ3) is 2.02. The van der Waals surface area contributed by atoms with E-state index < -0.39 is 10.0 Å². The molecule has 108 valence electrons. The fraction of sp³-hybridized carbons (Fsp3) is 0.267. The molecule has 0 bridgehead atoms. The summed E-state index contributed by atoms with van der Waals surface area (Å²) in [6, 6.07) is 8.86. The Bertz CT molecular complexity index is 792. The van der Waals surface area contributed by atoms with Gasteiger partial charge >= 0.3 is 0 Å². The molecular weight excluding hydrogens is 288 g/mol. The van der Waals surface area contributed by atoms with E-state index in [-0.39, 0.29) is 0 Å². The average Bonchev–Trinajstić information content (AvgIpc) is 3.13. The van der Waals surface area contributed by atoms with Crippen LogP contribution in [-0.4, -0.2) is 24.3 Å². The van der Waals surface area contributed by atoms with E-state index in [4.69, 9.17) is 4.74 Å². The van der Waals surface area contributed by atoms with Gasteiger partial charge in [0.15, 0.2) is 0 Å². The second kappa shape index (κ2) is 4.54. The van der Waals surface area contributed by atoms with Crippen molar-refractivity contribution in [1.29, 1.82) is 0 Å².